The van der Waals surface area contributed by atoms with Crippen LogP contribution in [0, 0.1) is 17.8 Å². The van der Waals surface area contributed by atoms with E-state index in [1.165, 1.54) is 0 Å². The van der Waals surface area contributed by atoms with Crippen molar-refractivity contribution in [3.8, 4) is 0 Å². The third-order valence-corrected chi connectivity index (χ3v) is 4.70. The van der Waals surface area contributed by atoms with Crippen LogP contribution < -0.4 is 0 Å². The fourth-order valence-electron chi connectivity index (χ4n) is 3.30. The van der Waals surface area contributed by atoms with Gasteiger partial charge in [-0.2, -0.15) is 0 Å². The van der Waals surface area contributed by atoms with Gasteiger partial charge in [0.05, 0.1) is 26.2 Å². The van der Waals surface area contributed by atoms with E-state index in [1.807, 2.05) is 0 Å². The van der Waals surface area contributed by atoms with E-state index >= 15 is 0 Å². The Bertz CT molecular complexity index is 507. The van der Waals surface area contributed by atoms with Gasteiger partial charge in [-0.3, -0.25) is 9.59 Å². The summed E-state index contributed by atoms with van der Waals surface area (Å²) in [6.45, 7) is 0.239. The molecule has 3 atom stereocenters. The van der Waals surface area contributed by atoms with Gasteiger partial charge in [0.2, 0.25) is 0 Å². The Balaban J connectivity index is 2.08. The number of carboxylic acids is 1. The van der Waals surface area contributed by atoms with Crippen LogP contribution in [0.2, 0.25) is 0 Å². The quantitative estimate of drug-likeness (QED) is 0.695. The van der Waals surface area contributed by atoms with Crippen LogP contribution in [0.15, 0.2) is 23.2 Å². The van der Waals surface area contributed by atoms with Crippen molar-refractivity contribution >= 4 is 12.3 Å². The summed E-state index contributed by atoms with van der Waals surface area (Å²) in [5.74, 6) is -0.426. The molecule has 23 heavy (non-hydrogen) atoms. The lowest BCUT2D eigenvalue weighted by atomic mass is 9.80. The number of aliphatic hydroxyl groups excluding tert-OH is 1. The van der Waals surface area contributed by atoms with Crippen molar-refractivity contribution in [1.29, 1.82) is 0 Å². The second-order valence-corrected chi connectivity index (χ2v) is 6.12. The summed E-state index contributed by atoms with van der Waals surface area (Å²) in [5.41, 5.74) is 0.538. The molecule has 0 aromatic heterocycles. The number of aldehydes is 1. The van der Waals surface area contributed by atoms with Crippen molar-refractivity contribution in [3.63, 3.8) is 0 Å². The molecule has 0 saturated carbocycles. The summed E-state index contributed by atoms with van der Waals surface area (Å²) in [7, 11) is 1.58. The third-order valence-electron chi connectivity index (χ3n) is 4.70. The normalized spacial score (nSPS) is 28.1. The van der Waals surface area contributed by atoms with Gasteiger partial charge in [0.25, 0.3) is 0 Å². The second kappa shape index (κ2) is 8.15. The molecule has 0 fully saturated rings. The smallest absolute Gasteiger partial charge is 0.307 e. The number of aliphatic carboxylic acids is 1. The number of aliphatic hydroxyl groups is 1. The molecule has 0 amide bonds. The molecule has 0 radical (unpaired) electrons. The number of allylic oxidation sites excluding steroid dienone is 3. The van der Waals surface area contributed by atoms with Crippen LogP contribution in [-0.4, -0.2) is 42.8 Å². The minimum atomic E-state index is -0.908. The number of rotatable bonds is 7. The van der Waals surface area contributed by atoms with E-state index in [9.17, 15) is 19.8 Å². The molecule has 6 nitrogen and oxygen atoms in total. The van der Waals surface area contributed by atoms with Crippen molar-refractivity contribution < 1.29 is 29.3 Å². The van der Waals surface area contributed by atoms with E-state index in [1.54, 1.807) is 13.2 Å². The molecule has 2 rings (SSSR count). The van der Waals surface area contributed by atoms with E-state index in [4.69, 9.17) is 9.47 Å². The summed E-state index contributed by atoms with van der Waals surface area (Å²) in [6.07, 6.45) is 5.80. The molecule has 128 valence electrons. The molecule has 2 aliphatic carbocycles. The van der Waals surface area contributed by atoms with Gasteiger partial charge in [-0.05, 0) is 31.3 Å². The first-order valence-corrected chi connectivity index (χ1v) is 7.98. The van der Waals surface area contributed by atoms with E-state index in [2.05, 4.69) is 0 Å². The lowest BCUT2D eigenvalue weighted by Gasteiger charge is -2.31. The first-order chi connectivity index (χ1) is 11.1. The molecule has 0 spiro atoms. The van der Waals surface area contributed by atoms with Crippen LogP contribution in [0.25, 0.3) is 0 Å². The highest BCUT2D eigenvalue weighted by molar-refractivity contribution is 5.78. The van der Waals surface area contributed by atoms with E-state index in [0.717, 1.165) is 31.3 Å². The highest BCUT2D eigenvalue weighted by atomic mass is 16.5. The molecule has 0 aliphatic heterocycles. The van der Waals surface area contributed by atoms with Crippen LogP contribution in [-0.2, 0) is 19.1 Å². The van der Waals surface area contributed by atoms with Gasteiger partial charge in [-0.25, -0.2) is 0 Å². The average Bonchev–Trinajstić information content (AvgIpc) is 2.59. The van der Waals surface area contributed by atoms with Gasteiger partial charge in [-0.1, -0.05) is 6.08 Å². The van der Waals surface area contributed by atoms with Gasteiger partial charge in [0.15, 0.2) is 0 Å². The van der Waals surface area contributed by atoms with Crippen molar-refractivity contribution in [2.24, 2.45) is 17.8 Å². The average molecular weight is 324 g/mol. The second-order valence-electron chi connectivity index (χ2n) is 6.12. The molecule has 0 saturated heterocycles. The van der Waals surface area contributed by atoms with Crippen LogP contribution in [0.3, 0.4) is 0 Å². The van der Waals surface area contributed by atoms with Crippen LogP contribution in [0.5, 0.6) is 0 Å². The monoisotopic (exact) mass is 324 g/mol. The van der Waals surface area contributed by atoms with Crippen molar-refractivity contribution in [2.45, 2.75) is 32.1 Å². The lowest BCUT2D eigenvalue weighted by molar-refractivity contribution is -0.144. The Kier molecular flexibility index (Phi) is 6.21. The number of hydrogen-bond donors (Lipinski definition) is 2. The molecule has 6 heteroatoms. The topological polar surface area (TPSA) is 93.1 Å². The SMILES string of the molecule is COC1=C(OCC2CC=C(C=O)CC2C(=O)O)C(CO)CCC1. The highest BCUT2D eigenvalue weighted by Crippen LogP contribution is 2.34. The number of hydrogen-bond acceptors (Lipinski definition) is 5. The molecule has 2 aliphatic rings. The molecule has 0 aromatic rings. The number of carboxylic acid groups (broad SMARTS) is 1. The van der Waals surface area contributed by atoms with Crippen LogP contribution in [0.1, 0.15) is 32.1 Å². The standard InChI is InChI=1S/C17H24O6/c1-22-15-4-2-3-12(9-19)16(15)23-10-13-6-5-11(8-18)7-14(13)17(20)21/h5,8,12-14,19H,2-4,6-7,9-10H2,1H3,(H,20,21). The predicted octanol–water partition coefficient (Wildman–Crippen LogP) is 1.89. The first kappa shape index (κ1) is 17.5. The Labute approximate surface area is 135 Å². The maximum atomic E-state index is 11.4. The van der Waals surface area contributed by atoms with Crippen molar-refractivity contribution in [3.05, 3.63) is 23.2 Å². The van der Waals surface area contributed by atoms with Crippen LogP contribution >= 0.6 is 0 Å². The Morgan fingerprint density at radius 1 is 1.48 bits per heavy atom. The molecule has 0 aromatic carbocycles. The zero-order chi connectivity index (χ0) is 16.8. The van der Waals surface area contributed by atoms with Gasteiger partial charge in [0, 0.05) is 18.3 Å². The maximum Gasteiger partial charge on any atom is 0.307 e. The number of carbonyl (C=O) groups is 2. The molecule has 3 unspecified atom stereocenters. The van der Waals surface area contributed by atoms with E-state index in [-0.39, 0.29) is 31.5 Å². The van der Waals surface area contributed by atoms with Crippen molar-refractivity contribution in [2.75, 3.05) is 20.3 Å². The lowest BCUT2D eigenvalue weighted by Crippen LogP contribution is -2.31. The van der Waals surface area contributed by atoms with E-state index in [0.29, 0.717) is 17.8 Å². The first-order valence-electron chi connectivity index (χ1n) is 7.98. The van der Waals surface area contributed by atoms with Gasteiger partial charge >= 0.3 is 5.97 Å². The minimum absolute atomic E-state index is 0.00951. The summed E-state index contributed by atoms with van der Waals surface area (Å²) in [4.78, 5) is 22.3. The zero-order valence-corrected chi connectivity index (χ0v) is 13.4. The van der Waals surface area contributed by atoms with Gasteiger partial charge in [-0.15, -0.1) is 0 Å². The number of carbonyl (C=O) groups excluding carboxylic acids is 1. The highest BCUT2D eigenvalue weighted by Gasteiger charge is 2.33. The largest absolute Gasteiger partial charge is 0.498 e. The zero-order valence-electron chi connectivity index (χ0n) is 13.4. The Hall–Kier alpha value is -1.82. The summed E-state index contributed by atoms with van der Waals surface area (Å²) >= 11 is 0. The van der Waals surface area contributed by atoms with Crippen molar-refractivity contribution in [1.82, 2.24) is 0 Å². The summed E-state index contributed by atoms with van der Waals surface area (Å²) in [5, 5.41) is 18.9. The summed E-state index contributed by atoms with van der Waals surface area (Å²) in [6, 6.07) is 0. The van der Waals surface area contributed by atoms with Crippen LogP contribution in [0.4, 0.5) is 0 Å². The van der Waals surface area contributed by atoms with E-state index < -0.39 is 11.9 Å². The fourth-order valence-corrected chi connectivity index (χ4v) is 3.30. The van der Waals surface area contributed by atoms with Gasteiger partial charge in [0.1, 0.15) is 17.8 Å². The number of methoxy groups -OCH3 is 1. The van der Waals surface area contributed by atoms with Gasteiger partial charge < -0.3 is 19.7 Å². The Morgan fingerprint density at radius 3 is 2.87 bits per heavy atom. The number of ether oxygens (including phenoxy) is 2. The predicted molar refractivity (Wildman–Crippen MR) is 82.4 cm³/mol. The molecule has 2 N–H and O–H groups in total. The molecule has 0 heterocycles. The summed E-state index contributed by atoms with van der Waals surface area (Å²) < 4.78 is 11.2. The molecular formula is C17H24O6. The fraction of sp³-hybridized carbons (Fsp3) is 0.647. The Morgan fingerprint density at radius 2 is 2.26 bits per heavy atom. The maximum absolute atomic E-state index is 11.4. The third kappa shape index (κ3) is 4.13. The molecule has 0 bridgehead atoms. The minimum Gasteiger partial charge on any atom is -0.498 e. The molecular weight excluding hydrogens is 300 g/mol.